The molecule has 1 aliphatic heterocycles. The van der Waals surface area contributed by atoms with Gasteiger partial charge in [0.1, 0.15) is 0 Å². The van der Waals surface area contributed by atoms with E-state index in [4.69, 9.17) is 5.73 Å². The SMILES string of the molecule is CC(C)N(Cc1ccccc1)C(=O)CN1CCCc2c(N)cccc21. The largest absolute Gasteiger partial charge is 0.398 e. The molecule has 1 aliphatic rings. The molecule has 0 aliphatic carbocycles. The number of nitrogens with zero attached hydrogens (tertiary/aromatic N) is 2. The van der Waals surface area contributed by atoms with E-state index in [1.807, 2.05) is 35.2 Å². The molecule has 0 radical (unpaired) electrons. The number of hydrogen-bond acceptors (Lipinski definition) is 3. The van der Waals surface area contributed by atoms with Crippen LogP contribution in [0.5, 0.6) is 0 Å². The van der Waals surface area contributed by atoms with Gasteiger partial charge in [-0.3, -0.25) is 4.79 Å². The number of benzene rings is 2. The second kappa shape index (κ2) is 7.60. The van der Waals surface area contributed by atoms with Gasteiger partial charge in [0.15, 0.2) is 0 Å². The summed E-state index contributed by atoms with van der Waals surface area (Å²) in [7, 11) is 0. The normalized spacial score (nSPS) is 13.6. The lowest BCUT2D eigenvalue weighted by molar-refractivity contribution is -0.132. The summed E-state index contributed by atoms with van der Waals surface area (Å²) in [5.74, 6) is 0.161. The molecule has 3 rings (SSSR count). The predicted molar refractivity (Wildman–Crippen MR) is 104 cm³/mol. The predicted octanol–water partition coefficient (Wildman–Crippen LogP) is 3.46. The molecule has 0 aromatic heterocycles. The van der Waals surface area contributed by atoms with Gasteiger partial charge in [-0.2, -0.15) is 0 Å². The molecule has 4 heteroatoms. The smallest absolute Gasteiger partial charge is 0.242 e. The van der Waals surface area contributed by atoms with Crippen molar-refractivity contribution in [2.75, 3.05) is 23.7 Å². The lowest BCUT2D eigenvalue weighted by Gasteiger charge is -2.34. The zero-order valence-electron chi connectivity index (χ0n) is 15.1. The highest BCUT2D eigenvalue weighted by molar-refractivity contribution is 5.83. The fourth-order valence-corrected chi connectivity index (χ4v) is 3.48. The zero-order valence-corrected chi connectivity index (χ0v) is 15.1. The van der Waals surface area contributed by atoms with Crippen molar-refractivity contribution in [1.82, 2.24) is 4.90 Å². The van der Waals surface area contributed by atoms with E-state index in [-0.39, 0.29) is 11.9 Å². The maximum atomic E-state index is 13.0. The van der Waals surface area contributed by atoms with Gasteiger partial charge in [-0.25, -0.2) is 0 Å². The van der Waals surface area contributed by atoms with E-state index in [1.54, 1.807) is 0 Å². The minimum absolute atomic E-state index is 0.161. The number of anilines is 2. The Balaban J connectivity index is 1.75. The zero-order chi connectivity index (χ0) is 17.8. The lowest BCUT2D eigenvalue weighted by Crippen LogP contribution is -2.44. The Morgan fingerprint density at radius 2 is 1.92 bits per heavy atom. The summed E-state index contributed by atoms with van der Waals surface area (Å²) in [6.07, 6.45) is 2.03. The molecule has 0 spiro atoms. The number of nitrogen functional groups attached to an aromatic ring is 1. The summed E-state index contributed by atoms with van der Waals surface area (Å²) in [6.45, 7) is 6.10. The Morgan fingerprint density at radius 3 is 2.64 bits per heavy atom. The number of carbonyl (C=O) groups excluding carboxylic acids is 1. The van der Waals surface area contributed by atoms with E-state index in [9.17, 15) is 4.79 Å². The molecule has 1 heterocycles. The fourth-order valence-electron chi connectivity index (χ4n) is 3.48. The van der Waals surface area contributed by atoms with Crippen LogP contribution in [-0.2, 0) is 17.8 Å². The molecule has 0 saturated carbocycles. The van der Waals surface area contributed by atoms with Crippen molar-refractivity contribution in [2.24, 2.45) is 0 Å². The van der Waals surface area contributed by atoms with E-state index in [2.05, 4.69) is 36.9 Å². The van der Waals surface area contributed by atoms with Gasteiger partial charge in [0.2, 0.25) is 5.91 Å². The molecule has 132 valence electrons. The first-order chi connectivity index (χ1) is 12.1. The van der Waals surface area contributed by atoms with Gasteiger partial charge >= 0.3 is 0 Å². The topological polar surface area (TPSA) is 49.6 Å². The molecule has 1 amide bonds. The van der Waals surface area contributed by atoms with Gasteiger partial charge in [-0.05, 0) is 49.9 Å². The van der Waals surface area contributed by atoms with E-state index in [0.717, 1.165) is 36.3 Å². The van der Waals surface area contributed by atoms with Crippen molar-refractivity contribution in [3.63, 3.8) is 0 Å². The van der Waals surface area contributed by atoms with Crippen LogP contribution in [0, 0.1) is 0 Å². The average molecular weight is 337 g/mol. The summed E-state index contributed by atoms with van der Waals surface area (Å²) < 4.78 is 0. The molecule has 0 saturated heterocycles. The van der Waals surface area contributed by atoms with Crippen molar-refractivity contribution >= 4 is 17.3 Å². The second-order valence-corrected chi connectivity index (χ2v) is 6.97. The molecule has 25 heavy (non-hydrogen) atoms. The van der Waals surface area contributed by atoms with Crippen LogP contribution >= 0.6 is 0 Å². The third kappa shape index (κ3) is 3.95. The number of amides is 1. The minimum atomic E-state index is 0.161. The molecule has 0 unspecified atom stereocenters. The monoisotopic (exact) mass is 337 g/mol. The first-order valence-corrected chi connectivity index (χ1v) is 9.02. The van der Waals surface area contributed by atoms with Crippen LogP contribution < -0.4 is 10.6 Å². The van der Waals surface area contributed by atoms with Crippen LogP contribution in [0.25, 0.3) is 0 Å². The maximum absolute atomic E-state index is 13.0. The number of rotatable bonds is 5. The van der Waals surface area contributed by atoms with Gasteiger partial charge in [0.05, 0.1) is 6.54 Å². The van der Waals surface area contributed by atoms with E-state index in [1.165, 1.54) is 5.56 Å². The van der Waals surface area contributed by atoms with Gasteiger partial charge in [-0.15, -0.1) is 0 Å². The van der Waals surface area contributed by atoms with Crippen molar-refractivity contribution in [3.8, 4) is 0 Å². The van der Waals surface area contributed by atoms with E-state index < -0.39 is 0 Å². The third-order valence-corrected chi connectivity index (χ3v) is 4.85. The summed E-state index contributed by atoms with van der Waals surface area (Å²) >= 11 is 0. The Bertz CT molecular complexity index is 727. The number of fused-ring (bicyclic) bond motifs is 1. The summed E-state index contributed by atoms with van der Waals surface area (Å²) in [5, 5.41) is 0. The molecular weight excluding hydrogens is 310 g/mol. The quantitative estimate of drug-likeness (QED) is 0.850. The molecule has 2 aromatic rings. The lowest BCUT2D eigenvalue weighted by atomic mass is 10.00. The summed E-state index contributed by atoms with van der Waals surface area (Å²) in [5.41, 5.74) is 10.4. The minimum Gasteiger partial charge on any atom is -0.398 e. The highest BCUT2D eigenvalue weighted by Gasteiger charge is 2.24. The van der Waals surface area contributed by atoms with Crippen LogP contribution in [0.2, 0.25) is 0 Å². The number of hydrogen-bond donors (Lipinski definition) is 1. The first-order valence-electron chi connectivity index (χ1n) is 9.02. The van der Waals surface area contributed by atoms with Gasteiger partial charge < -0.3 is 15.5 Å². The molecule has 0 fully saturated rings. The van der Waals surface area contributed by atoms with E-state index in [0.29, 0.717) is 13.1 Å². The maximum Gasteiger partial charge on any atom is 0.242 e. The Morgan fingerprint density at radius 1 is 1.16 bits per heavy atom. The summed E-state index contributed by atoms with van der Waals surface area (Å²) in [4.78, 5) is 17.1. The molecule has 0 bridgehead atoms. The Hall–Kier alpha value is -2.49. The molecule has 4 nitrogen and oxygen atoms in total. The van der Waals surface area contributed by atoms with Crippen LogP contribution in [0.1, 0.15) is 31.4 Å². The number of nitrogens with two attached hydrogens (primary N) is 1. The fraction of sp³-hybridized carbons (Fsp3) is 0.381. The Kier molecular flexibility index (Phi) is 5.27. The van der Waals surface area contributed by atoms with Crippen molar-refractivity contribution in [3.05, 3.63) is 59.7 Å². The van der Waals surface area contributed by atoms with Crippen LogP contribution in [-0.4, -0.2) is 29.9 Å². The van der Waals surface area contributed by atoms with Crippen LogP contribution in [0.15, 0.2) is 48.5 Å². The van der Waals surface area contributed by atoms with Crippen LogP contribution in [0.4, 0.5) is 11.4 Å². The van der Waals surface area contributed by atoms with Crippen molar-refractivity contribution in [1.29, 1.82) is 0 Å². The van der Waals surface area contributed by atoms with Gasteiger partial charge in [-0.1, -0.05) is 36.4 Å². The summed E-state index contributed by atoms with van der Waals surface area (Å²) in [6, 6.07) is 16.3. The highest BCUT2D eigenvalue weighted by atomic mass is 16.2. The Labute approximate surface area is 150 Å². The van der Waals surface area contributed by atoms with E-state index >= 15 is 0 Å². The van der Waals surface area contributed by atoms with Crippen molar-refractivity contribution in [2.45, 2.75) is 39.3 Å². The van der Waals surface area contributed by atoms with Gasteiger partial charge in [0.25, 0.3) is 0 Å². The second-order valence-electron chi connectivity index (χ2n) is 6.97. The molecule has 2 N–H and O–H groups in total. The molecule has 2 aromatic carbocycles. The number of carbonyl (C=O) groups is 1. The molecular formula is C21H27N3O. The third-order valence-electron chi connectivity index (χ3n) is 4.85. The van der Waals surface area contributed by atoms with Crippen molar-refractivity contribution < 1.29 is 4.79 Å². The first kappa shape index (κ1) is 17.3. The molecule has 0 atom stereocenters. The highest BCUT2D eigenvalue weighted by Crippen LogP contribution is 2.31. The van der Waals surface area contributed by atoms with Crippen LogP contribution in [0.3, 0.4) is 0 Å². The van der Waals surface area contributed by atoms with Gasteiger partial charge in [0, 0.05) is 30.5 Å². The standard InChI is InChI=1S/C21H27N3O/c1-16(2)24(14-17-8-4-3-5-9-17)21(25)15-23-13-7-10-18-19(22)11-6-12-20(18)23/h3-6,8-9,11-12,16H,7,10,13-15,22H2,1-2H3. The average Bonchev–Trinajstić information content (AvgIpc) is 2.61.